The van der Waals surface area contributed by atoms with Crippen LogP contribution in [0, 0.1) is 0 Å². The Balaban J connectivity index is 0. The molecule has 0 heterocycles. The first-order valence-corrected chi connectivity index (χ1v) is 2.47. The van der Waals surface area contributed by atoms with Crippen LogP contribution in [0.3, 0.4) is 0 Å². The number of alkyl halides is 6. The molecule has 0 atom stereocenters. The molecular weight excluding hydrogens is 183 g/mol. The molecule has 0 aromatic carbocycles. The smallest absolute Gasteiger partial charge is 0.648 e. The van der Waals surface area contributed by atoms with Crippen LogP contribution in [0.5, 0.6) is 0 Å². The summed E-state index contributed by atoms with van der Waals surface area (Å²) in [5.41, 5.74) is 0. The van der Waals surface area contributed by atoms with E-state index in [1.54, 1.807) is 0 Å². The van der Waals surface area contributed by atoms with Crippen molar-refractivity contribution in [2.24, 2.45) is 0 Å². The average molecular weight is 187 g/mol. The van der Waals surface area contributed by atoms with Gasteiger partial charge in [-0.05, 0) is 0 Å². The number of nitrogens with zero attached hydrogens (tertiary/aromatic N) is 1. The van der Waals surface area contributed by atoms with Crippen LogP contribution in [0.25, 0.3) is 5.32 Å². The molecule has 8 heteroatoms. The molecule has 0 aromatic rings. The Hall–Kier alpha value is 0.137. The third-order valence-corrected chi connectivity index (χ3v) is 0.582. The maximum Gasteiger partial charge on any atom is 1.00 e. The Morgan fingerprint density at radius 3 is 1.17 bits per heavy atom. The first-order valence-electron chi connectivity index (χ1n) is 2.47. The topological polar surface area (TPSA) is 14.1 Å². The molecule has 0 aliphatic rings. The van der Waals surface area contributed by atoms with E-state index in [9.17, 15) is 26.3 Å². The van der Waals surface area contributed by atoms with Gasteiger partial charge in [0.2, 0.25) is 0 Å². The maximum absolute atomic E-state index is 11.2. The van der Waals surface area contributed by atoms with Gasteiger partial charge in [0.25, 0.3) is 0 Å². The summed E-state index contributed by atoms with van der Waals surface area (Å²) >= 11 is 0. The summed E-state index contributed by atoms with van der Waals surface area (Å²) in [6.07, 6.45) is -9.30. The van der Waals surface area contributed by atoms with E-state index >= 15 is 0 Å². The van der Waals surface area contributed by atoms with E-state index in [4.69, 9.17) is 0 Å². The summed E-state index contributed by atoms with van der Waals surface area (Å²) < 4.78 is 67.0. The van der Waals surface area contributed by atoms with Crippen molar-refractivity contribution in [3.8, 4) is 0 Å². The van der Waals surface area contributed by atoms with Gasteiger partial charge in [0, 0.05) is 0 Å². The fraction of sp³-hybridized carbons (Fsp3) is 1.00. The third kappa shape index (κ3) is 12.8. The number of rotatable bonds is 2. The van der Waals surface area contributed by atoms with Gasteiger partial charge in [-0.3, -0.25) is 0 Å². The maximum atomic E-state index is 11.2. The molecule has 0 rings (SSSR count). The minimum atomic E-state index is -4.65. The van der Waals surface area contributed by atoms with Gasteiger partial charge in [-0.25, -0.2) is 0 Å². The molecule has 0 aliphatic heterocycles. The fourth-order valence-corrected chi connectivity index (χ4v) is 0.309. The molecule has 12 heavy (non-hydrogen) atoms. The molecular formula is C4H4F6LiN. The van der Waals surface area contributed by atoms with Gasteiger partial charge in [-0.15, -0.1) is 0 Å². The summed E-state index contributed by atoms with van der Waals surface area (Å²) in [5.74, 6) is 0. The van der Waals surface area contributed by atoms with Crippen molar-refractivity contribution in [3.05, 3.63) is 5.32 Å². The second kappa shape index (κ2) is 4.99. The van der Waals surface area contributed by atoms with E-state index in [1.165, 1.54) is 0 Å². The van der Waals surface area contributed by atoms with E-state index in [-0.39, 0.29) is 18.9 Å². The van der Waals surface area contributed by atoms with Crippen LogP contribution in [-0.2, 0) is 0 Å². The van der Waals surface area contributed by atoms with Crippen molar-refractivity contribution in [1.82, 2.24) is 0 Å². The van der Waals surface area contributed by atoms with Gasteiger partial charge >= 0.3 is 31.2 Å². The van der Waals surface area contributed by atoms with E-state index in [2.05, 4.69) is 5.32 Å². The van der Waals surface area contributed by atoms with Crippen LogP contribution in [0.15, 0.2) is 0 Å². The molecule has 0 saturated carbocycles. The van der Waals surface area contributed by atoms with Gasteiger partial charge in [-0.2, -0.15) is 26.3 Å². The SMILES string of the molecule is FC(F)(F)C[N-]CC(F)(F)F.[Li+]. The molecule has 68 valence electrons. The van der Waals surface area contributed by atoms with Crippen molar-refractivity contribution >= 4 is 0 Å². The predicted octanol–water partition coefficient (Wildman–Crippen LogP) is -0.511. The second-order valence-corrected chi connectivity index (χ2v) is 1.77. The second-order valence-electron chi connectivity index (χ2n) is 1.77. The molecule has 0 unspecified atom stereocenters. The molecule has 0 fully saturated rings. The third-order valence-electron chi connectivity index (χ3n) is 0.582. The van der Waals surface area contributed by atoms with E-state index in [1.807, 2.05) is 0 Å². The van der Waals surface area contributed by atoms with Crippen LogP contribution >= 0.6 is 0 Å². The Morgan fingerprint density at radius 1 is 0.750 bits per heavy atom. The molecule has 0 N–H and O–H groups in total. The van der Waals surface area contributed by atoms with Gasteiger partial charge in [0.15, 0.2) is 0 Å². The first kappa shape index (κ1) is 14.7. The monoisotopic (exact) mass is 187 g/mol. The summed E-state index contributed by atoms with van der Waals surface area (Å²) in [6, 6.07) is 0. The molecule has 0 radical (unpaired) electrons. The molecule has 1 nitrogen and oxygen atoms in total. The summed E-state index contributed by atoms with van der Waals surface area (Å²) in [7, 11) is 0. The number of halogens is 6. The van der Waals surface area contributed by atoms with E-state index in [0.29, 0.717) is 0 Å². The molecule has 0 aromatic heterocycles. The fourth-order valence-electron chi connectivity index (χ4n) is 0.309. The minimum Gasteiger partial charge on any atom is -0.648 e. The van der Waals surface area contributed by atoms with Crippen molar-refractivity contribution < 1.29 is 45.2 Å². The van der Waals surface area contributed by atoms with Crippen molar-refractivity contribution in [1.29, 1.82) is 0 Å². The normalized spacial score (nSPS) is 12.5. The van der Waals surface area contributed by atoms with Crippen LogP contribution in [-0.4, -0.2) is 25.4 Å². The van der Waals surface area contributed by atoms with Gasteiger partial charge < -0.3 is 5.32 Å². The zero-order valence-electron chi connectivity index (χ0n) is 6.13. The van der Waals surface area contributed by atoms with E-state index < -0.39 is 25.4 Å². The van der Waals surface area contributed by atoms with Crippen molar-refractivity contribution in [2.75, 3.05) is 13.1 Å². The Morgan fingerprint density at radius 2 is 1.00 bits per heavy atom. The zero-order valence-corrected chi connectivity index (χ0v) is 6.13. The molecule has 0 bridgehead atoms. The Labute approximate surface area is 76.7 Å². The summed E-state index contributed by atoms with van der Waals surface area (Å²) in [4.78, 5) is 0. The molecule has 0 aliphatic carbocycles. The van der Waals surface area contributed by atoms with Crippen molar-refractivity contribution in [3.63, 3.8) is 0 Å². The molecule has 0 amide bonds. The first-order chi connectivity index (χ1) is 4.71. The van der Waals surface area contributed by atoms with Crippen LogP contribution < -0.4 is 18.9 Å². The zero-order chi connectivity index (χ0) is 9.12. The van der Waals surface area contributed by atoms with Gasteiger partial charge in [0.05, 0.1) is 0 Å². The number of hydrogen-bond acceptors (Lipinski definition) is 0. The standard InChI is InChI=1S/C4H4F6N.Li/c5-3(6,7)1-11-2-4(8,9)10;/h1-2H2;/q-1;+1. The summed E-state index contributed by atoms with van der Waals surface area (Å²) in [5, 5.41) is 2.26. The Kier molecular flexibility index (Phi) is 6.10. The average Bonchev–Trinajstić information content (AvgIpc) is 1.55. The van der Waals surface area contributed by atoms with Crippen LogP contribution in [0.1, 0.15) is 0 Å². The Bertz CT molecular complexity index is 104. The summed E-state index contributed by atoms with van der Waals surface area (Å²) in [6.45, 7) is -3.49. The molecule has 0 spiro atoms. The quantitative estimate of drug-likeness (QED) is 0.408. The van der Waals surface area contributed by atoms with E-state index in [0.717, 1.165) is 0 Å². The minimum absolute atomic E-state index is 0. The van der Waals surface area contributed by atoms with Gasteiger partial charge in [0.1, 0.15) is 0 Å². The van der Waals surface area contributed by atoms with Crippen LogP contribution in [0.2, 0.25) is 0 Å². The largest absolute Gasteiger partial charge is 1.00 e. The van der Waals surface area contributed by atoms with Crippen LogP contribution in [0.4, 0.5) is 26.3 Å². The van der Waals surface area contributed by atoms with Crippen molar-refractivity contribution in [2.45, 2.75) is 12.4 Å². The molecule has 0 saturated heterocycles. The van der Waals surface area contributed by atoms with Gasteiger partial charge in [-0.1, -0.05) is 13.1 Å². The number of hydrogen-bond donors (Lipinski definition) is 0. The predicted molar refractivity (Wildman–Crippen MR) is 25.2 cm³/mol.